The standard InChI is InChI=1S/C29H33N5O2/c1-2-36-24-18-22(9-11-30)17-23(19-24)20-31-12-5-6-15-35-16-14-33-29-26-10-13-32-21-27(26)25-7-3-4-8-28(25)34-29/h3-4,7-8,10,13,17-19,21,31H,2,5-6,9,12,14-16,20H2,1H3,(H,33,34). The normalized spacial score (nSPS) is 11.0. The van der Waals surface area contributed by atoms with Gasteiger partial charge in [-0.15, -0.1) is 0 Å². The van der Waals surface area contributed by atoms with Gasteiger partial charge in [-0.1, -0.05) is 24.3 Å². The number of nitrogens with zero attached hydrogens (tertiary/aromatic N) is 3. The Balaban J connectivity index is 1.14. The summed E-state index contributed by atoms with van der Waals surface area (Å²) in [5.41, 5.74) is 3.09. The van der Waals surface area contributed by atoms with Crippen LogP contribution < -0.4 is 15.4 Å². The Morgan fingerprint density at radius 3 is 2.72 bits per heavy atom. The van der Waals surface area contributed by atoms with Gasteiger partial charge in [-0.05, 0) is 61.7 Å². The Labute approximate surface area is 212 Å². The molecule has 0 unspecified atom stereocenters. The Morgan fingerprint density at radius 1 is 0.944 bits per heavy atom. The molecule has 0 bridgehead atoms. The number of nitrogens with one attached hydrogen (secondary N) is 2. The number of fused-ring (bicyclic) bond motifs is 3. The molecule has 0 aliphatic heterocycles. The average Bonchev–Trinajstić information content (AvgIpc) is 2.90. The van der Waals surface area contributed by atoms with E-state index >= 15 is 0 Å². The summed E-state index contributed by atoms with van der Waals surface area (Å²) in [4.78, 5) is 9.09. The van der Waals surface area contributed by atoms with Gasteiger partial charge in [-0.3, -0.25) is 4.98 Å². The number of para-hydroxylation sites is 1. The molecule has 0 saturated heterocycles. The smallest absolute Gasteiger partial charge is 0.134 e. The highest BCUT2D eigenvalue weighted by molar-refractivity contribution is 6.09. The van der Waals surface area contributed by atoms with E-state index in [0.29, 0.717) is 26.2 Å². The van der Waals surface area contributed by atoms with Crippen molar-refractivity contribution in [3.63, 3.8) is 0 Å². The maximum absolute atomic E-state index is 8.99. The lowest BCUT2D eigenvalue weighted by molar-refractivity contribution is 0.140. The van der Waals surface area contributed by atoms with E-state index in [0.717, 1.165) is 76.9 Å². The van der Waals surface area contributed by atoms with E-state index < -0.39 is 0 Å². The second-order valence-electron chi connectivity index (χ2n) is 8.57. The first-order chi connectivity index (χ1) is 17.8. The minimum absolute atomic E-state index is 0.393. The third-order valence-corrected chi connectivity index (χ3v) is 5.88. The zero-order valence-electron chi connectivity index (χ0n) is 20.8. The lowest BCUT2D eigenvalue weighted by Crippen LogP contribution is -2.16. The molecule has 4 rings (SSSR count). The summed E-state index contributed by atoms with van der Waals surface area (Å²) in [5, 5.41) is 19.2. The van der Waals surface area contributed by atoms with Crippen LogP contribution in [0.5, 0.6) is 5.75 Å². The monoisotopic (exact) mass is 483 g/mol. The molecule has 0 amide bonds. The number of anilines is 1. The fourth-order valence-corrected chi connectivity index (χ4v) is 4.23. The van der Waals surface area contributed by atoms with Crippen LogP contribution in [-0.2, 0) is 17.7 Å². The molecule has 2 aromatic heterocycles. The summed E-state index contributed by atoms with van der Waals surface area (Å²) in [6.45, 7) is 6.30. The fraction of sp³-hybridized carbons (Fsp3) is 0.345. The van der Waals surface area contributed by atoms with Gasteiger partial charge in [0.05, 0.1) is 31.2 Å². The number of hydrogen-bond donors (Lipinski definition) is 2. The predicted octanol–water partition coefficient (Wildman–Crippen LogP) is 5.25. The number of ether oxygens (including phenoxy) is 2. The molecule has 0 atom stereocenters. The van der Waals surface area contributed by atoms with E-state index in [-0.39, 0.29) is 0 Å². The Kier molecular flexibility index (Phi) is 9.43. The lowest BCUT2D eigenvalue weighted by atomic mass is 10.1. The van der Waals surface area contributed by atoms with Gasteiger partial charge in [0, 0.05) is 48.2 Å². The van der Waals surface area contributed by atoms with E-state index in [2.05, 4.69) is 33.8 Å². The first kappa shape index (κ1) is 25.4. The zero-order chi connectivity index (χ0) is 25.0. The van der Waals surface area contributed by atoms with Crippen LogP contribution in [0, 0.1) is 11.3 Å². The van der Waals surface area contributed by atoms with Crippen LogP contribution in [0.25, 0.3) is 21.7 Å². The zero-order valence-corrected chi connectivity index (χ0v) is 20.8. The van der Waals surface area contributed by atoms with Crippen LogP contribution in [0.15, 0.2) is 60.9 Å². The van der Waals surface area contributed by atoms with Gasteiger partial charge in [0.15, 0.2) is 0 Å². The molecule has 2 aromatic carbocycles. The van der Waals surface area contributed by atoms with Gasteiger partial charge < -0.3 is 20.1 Å². The van der Waals surface area contributed by atoms with Crippen molar-refractivity contribution in [2.45, 2.75) is 32.7 Å². The van der Waals surface area contributed by atoms with E-state index in [4.69, 9.17) is 19.7 Å². The lowest BCUT2D eigenvalue weighted by Gasteiger charge is -2.12. The third kappa shape index (κ3) is 6.91. The summed E-state index contributed by atoms with van der Waals surface area (Å²) in [6, 6.07) is 18.4. The first-order valence-corrected chi connectivity index (χ1v) is 12.6. The molecule has 7 nitrogen and oxygen atoms in total. The van der Waals surface area contributed by atoms with E-state index in [1.54, 1.807) is 6.20 Å². The van der Waals surface area contributed by atoms with E-state index in [9.17, 15) is 0 Å². The Bertz CT molecular complexity index is 1320. The third-order valence-electron chi connectivity index (χ3n) is 5.88. The van der Waals surface area contributed by atoms with E-state index in [1.165, 1.54) is 0 Å². The van der Waals surface area contributed by atoms with Crippen molar-refractivity contribution >= 4 is 27.5 Å². The number of aromatic nitrogens is 2. The minimum atomic E-state index is 0.393. The van der Waals surface area contributed by atoms with Gasteiger partial charge in [0.25, 0.3) is 0 Å². The topological polar surface area (TPSA) is 92.1 Å². The quantitative estimate of drug-likeness (QED) is 0.187. The Morgan fingerprint density at radius 2 is 1.83 bits per heavy atom. The molecule has 2 N–H and O–H groups in total. The number of pyridine rings is 2. The molecule has 0 aliphatic rings. The largest absolute Gasteiger partial charge is 0.494 e. The van der Waals surface area contributed by atoms with Crippen LogP contribution >= 0.6 is 0 Å². The second-order valence-corrected chi connectivity index (χ2v) is 8.57. The van der Waals surface area contributed by atoms with Crippen molar-refractivity contribution in [3.8, 4) is 11.8 Å². The van der Waals surface area contributed by atoms with Crippen LogP contribution in [0.4, 0.5) is 5.82 Å². The highest BCUT2D eigenvalue weighted by Crippen LogP contribution is 2.28. The molecular formula is C29H33N5O2. The minimum Gasteiger partial charge on any atom is -0.494 e. The highest BCUT2D eigenvalue weighted by Gasteiger charge is 2.07. The van der Waals surface area contributed by atoms with Gasteiger partial charge in [0.1, 0.15) is 11.6 Å². The van der Waals surface area contributed by atoms with Gasteiger partial charge in [0.2, 0.25) is 0 Å². The maximum Gasteiger partial charge on any atom is 0.134 e. The average molecular weight is 484 g/mol. The molecule has 7 heteroatoms. The second kappa shape index (κ2) is 13.4. The molecular weight excluding hydrogens is 450 g/mol. The van der Waals surface area contributed by atoms with Crippen LogP contribution in [0.3, 0.4) is 0 Å². The van der Waals surface area contributed by atoms with Crippen molar-refractivity contribution in [3.05, 3.63) is 72.1 Å². The molecule has 0 radical (unpaired) electrons. The number of unbranched alkanes of at least 4 members (excludes halogenated alkanes) is 1. The summed E-state index contributed by atoms with van der Waals surface area (Å²) in [6.07, 6.45) is 6.12. The van der Waals surface area contributed by atoms with Crippen LogP contribution in [0.1, 0.15) is 30.9 Å². The summed E-state index contributed by atoms with van der Waals surface area (Å²) >= 11 is 0. The molecule has 4 aromatic rings. The van der Waals surface area contributed by atoms with Crippen molar-refractivity contribution in [2.75, 3.05) is 38.2 Å². The van der Waals surface area contributed by atoms with Gasteiger partial charge in [-0.25, -0.2) is 4.98 Å². The Hall–Kier alpha value is -3.73. The van der Waals surface area contributed by atoms with Crippen molar-refractivity contribution in [2.24, 2.45) is 0 Å². The summed E-state index contributed by atoms with van der Waals surface area (Å²) in [7, 11) is 0. The molecule has 186 valence electrons. The van der Waals surface area contributed by atoms with Crippen molar-refractivity contribution in [1.29, 1.82) is 5.26 Å². The molecule has 36 heavy (non-hydrogen) atoms. The fourth-order valence-electron chi connectivity index (χ4n) is 4.23. The molecule has 0 saturated carbocycles. The summed E-state index contributed by atoms with van der Waals surface area (Å²) in [5.74, 6) is 1.69. The maximum atomic E-state index is 8.99. The molecule has 0 fully saturated rings. The first-order valence-electron chi connectivity index (χ1n) is 12.6. The SMILES string of the molecule is CCOc1cc(CC#N)cc(CNCCCCOCCNc2nc3ccccc3c3cnccc23)c1. The van der Waals surface area contributed by atoms with E-state index in [1.807, 2.05) is 49.5 Å². The summed E-state index contributed by atoms with van der Waals surface area (Å²) < 4.78 is 11.5. The number of rotatable bonds is 14. The van der Waals surface area contributed by atoms with Crippen molar-refractivity contribution < 1.29 is 9.47 Å². The predicted molar refractivity (Wildman–Crippen MR) is 144 cm³/mol. The number of nitriles is 1. The number of benzene rings is 2. The number of hydrogen-bond acceptors (Lipinski definition) is 7. The van der Waals surface area contributed by atoms with Crippen LogP contribution in [0.2, 0.25) is 0 Å². The molecule has 0 spiro atoms. The highest BCUT2D eigenvalue weighted by atomic mass is 16.5. The van der Waals surface area contributed by atoms with Gasteiger partial charge >= 0.3 is 0 Å². The van der Waals surface area contributed by atoms with Crippen LogP contribution in [-0.4, -0.2) is 42.9 Å². The molecule has 2 heterocycles. The van der Waals surface area contributed by atoms with Crippen molar-refractivity contribution in [1.82, 2.24) is 15.3 Å². The van der Waals surface area contributed by atoms with Gasteiger partial charge in [-0.2, -0.15) is 5.26 Å². The molecule has 0 aliphatic carbocycles.